The number of methoxy groups -OCH3 is 1. The number of nitrogens with one attached hydrogen (secondary N) is 2. The smallest absolute Gasteiger partial charge is 0.224 e. The van der Waals surface area contributed by atoms with Gasteiger partial charge in [0.2, 0.25) is 11.8 Å². The van der Waals surface area contributed by atoms with E-state index < -0.39 is 0 Å². The van der Waals surface area contributed by atoms with Crippen LogP contribution in [0.25, 0.3) is 0 Å². The van der Waals surface area contributed by atoms with Crippen molar-refractivity contribution in [3.63, 3.8) is 0 Å². The Morgan fingerprint density at radius 1 is 1.25 bits per heavy atom. The van der Waals surface area contributed by atoms with Crippen LogP contribution >= 0.6 is 0 Å². The van der Waals surface area contributed by atoms with Crippen molar-refractivity contribution in [1.82, 2.24) is 15.6 Å². The molecule has 0 aliphatic carbocycles. The van der Waals surface area contributed by atoms with Crippen LogP contribution in [0.5, 0.6) is 17.4 Å². The maximum atomic E-state index is 12.4. The number of ether oxygens (including phenoxy) is 2. The predicted octanol–water partition coefficient (Wildman–Crippen LogP) is 3.52. The highest BCUT2D eigenvalue weighted by Crippen LogP contribution is 2.27. The molecule has 1 saturated heterocycles. The van der Waals surface area contributed by atoms with E-state index >= 15 is 0 Å². The summed E-state index contributed by atoms with van der Waals surface area (Å²) in [6.07, 6.45) is 4.53. The largest absolute Gasteiger partial charge is 0.497 e. The van der Waals surface area contributed by atoms with Crippen LogP contribution in [0.3, 0.4) is 0 Å². The molecule has 1 amide bonds. The lowest BCUT2D eigenvalue weighted by Gasteiger charge is -2.27. The van der Waals surface area contributed by atoms with Crippen LogP contribution in [0.2, 0.25) is 0 Å². The lowest BCUT2D eigenvalue weighted by atomic mass is 9.84. The van der Waals surface area contributed by atoms with Gasteiger partial charge >= 0.3 is 0 Å². The van der Waals surface area contributed by atoms with E-state index in [1.54, 1.807) is 19.4 Å². The Hall–Kier alpha value is -2.60. The lowest BCUT2D eigenvalue weighted by molar-refractivity contribution is -0.122. The van der Waals surface area contributed by atoms with Crippen molar-refractivity contribution in [3.8, 4) is 17.4 Å². The quantitative estimate of drug-likeness (QED) is 0.730. The number of carbonyl (C=O) groups excluding carboxylic acids is 1. The number of benzene rings is 1. The summed E-state index contributed by atoms with van der Waals surface area (Å²) in [6.45, 7) is 4.68. The summed E-state index contributed by atoms with van der Waals surface area (Å²) in [5, 5.41) is 6.39. The van der Waals surface area contributed by atoms with E-state index in [0.29, 0.717) is 36.4 Å². The van der Waals surface area contributed by atoms with Gasteiger partial charge in [0.1, 0.15) is 11.5 Å². The molecule has 2 N–H and O–H groups in total. The maximum Gasteiger partial charge on any atom is 0.224 e. The summed E-state index contributed by atoms with van der Waals surface area (Å²) >= 11 is 0. The van der Waals surface area contributed by atoms with Crippen LogP contribution in [0.1, 0.15) is 31.7 Å². The van der Waals surface area contributed by atoms with E-state index in [0.717, 1.165) is 37.2 Å². The fraction of sp³-hybridized carbons (Fsp3) is 0.455. The van der Waals surface area contributed by atoms with Crippen molar-refractivity contribution in [2.24, 2.45) is 11.8 Å². The molecule has 1 aromatic carbocycles. The van der Waals surface area contributed by atoms with Gasteiger partial charge in [0.25, 0.3) is 0 Å². The van der Waals surface area contributed by atoms with Gasteiger partial charge in [-0.25, -0.2) is 4.98 Å². The fourth-order valence-corrected chi connectivity index (χ4v) is 3.57. The van der Waals surface area contributed by atoms with Crippen molar-refractivity contribution in [1.29, 1.82) is 0 Å². The van der Waals surface area contributed by atoms with Gasteiger partial charge < -0.3 is 20.1 Å². The zero-order valence-corrected chi connectivity index (χ0v) is 16.6. The Kier molecular flexibility index (Phi) is 7.25. The van der Waals surface area contributed by atoms with E-state index in [1.165, 1.54) is 0 Å². The van der Waals surface area contributed by atoms with Crippen molar-refractivity contribution in [3.05, 3.63) is 48.2 Å². The van der Waals surface area contributed by atoms with Gasteiger partial charge in [-0.1, -0.05) is 19.1 Å². The monoisotopic (exact) mass is 383 g/mol. The van der Waals surface area contributed by atoms with Crippen LogP contribution in [-0.4, -0.2) is 31.1 Å². The standard InChI is InChI=1S/C22H29N3O3/c1-16(17-8-11-23-12-9-17)13-21(26)25-15-18-5-4-10-24-22(18)28-20-7-3-6-19(14-20)27-2/h3-7,10,14,16-17,23H,8-9,11-13,15H2,1-2H3,(H,25,26). The van der Waals surface area contributed by atoms with E-state index in [1.807, 2.05) is 30.3 Å². The van der Waals surface area contributed by atoms with Gasteiger partial charge in [-0.2, -0.15) is 0 Å². The molecule has 28 heavy (non-hydrogen) atoms. The second-order valence-electron chi connectivity index (χ2n) is 7.29. The Balaban J connectivity index is 1.56. The number of carbonyl (C=O) groups is 1. The molecule has 3 rings (SSSR count). The molecule has 6 heteroatoms. The molecule has 2 aromatic rings. The molecule has 6 nitrogen and oxygen atoms in total. The summed E-state index contributed by atoms with van der Waals surface area (Å²) in [4.78, 5) is 16.7. The number of hydrogen-bond acceptors (Lipinski definition) is 5. The molecule has 1 atom stereocenters. The number of pyridine rings is 1. The minimum atomic E-state index is 0.0715. The van der Waals surface area contributed by atoms with E-state index in [4.69, 9.17) is 9.47 Å². The highest BCUT2D eigenvalue weighted by Gasteiger charge is 2.22. The minimum absolute atomic E-state index is 0.0715. The Bertz CT molecular complexity index is 775. The number of amides is 1. The average Bonchev–Trinajstić information content (AvgIpc) is 2.74. The molecular weight excluding hydrogens is 354 g/mol. The first-order chi connectivity index (χ1) is 13.7. The molecule has 0 spiro atoms. The second kappa shape index (κ2) is 10.1. The first kappa shape index (κ1) is 20.1. The first-order valence-electron chi connectivity index (χ1n) is 9.89. The Morgan fingerprint density at radius 2 is 2.04 bits per heavy atom. The molecule has 1 fully saturated rings. The number of piperidine rings is 1. The molecule has 1 unspecified atom stereocenters. The van der Waals surface area contributed by atoms with Crippen molar-refractivity contribution < 1.29 is 14.3 Å². The molecule has 0 bridgehead atoms. The highest BCUT2D eigenvalue weighted by molar-refractivity contribution is 5.76. The third-order valence-corrected chi connectivity index (χ3v) is 5.28. The number of nitrogens with zero attached hydrogens (tertiary/aromatic N) is 1. The van der Waals surface area contributed by atoms with Crippen LogP contribution in [0.4, 0.5) is 0 Å². The summed E-state index contributed by atoms with van der Waals surface area (Å²) in [6, 6.07) is 11.1. The average molecular weight is 383 g/mol. The van der Waals surface area contributed by atoms with Gasteiger partial charge in [0.05, 0.1) is 7.11 Å². The number of hydrogen-bond donors (Lipinski definition) is 2. The van der Waals surface area contributed by atoms with Crippen molar-refractivity contribution in [2.75, 3.05) is 20.2 Å². The third kappa shape index (κ3) is 5.70. The fourth-order valence-electron chi connectivity index (χ4n) is 3.57. The zero-order chi connectivity index (χ0) is 19.8. The van der Waals surface area contributed by atoms with Crippen molar-refractivity contribution >= 4 is 5.91 Å². The summed E-state index contributed by atoms with van der Waals surface area (Å²) < 4.78 is 11.1. The van der Waals surface area contributed by atoms with E-state index in [-0.39, 0.29) is 5.91 Å². The van der Waals surface area contributed by atoms with Gasteiger partial charge in [-0.05, 0) is 56.0 Å². The molecule has 0 radical (unpaired) electrons. The van der Waals surface area contributed by atoms with Gasteiger partial charge in [-0.15, -0.1) is 0 Å². The third-order valence-electron chi connectivity index (χ3n) is 5.28. The molecule has 1 aromatic heterocycles. The predicted molar refractivity (Wildman–Crippen MR) is 109 cm³/mol. The van der Waals surface area contributed by atoms with Gasteiger partial charge in [0.15, 0.2) is 0 Å². The van der Waals surface area contributed by atoms with Crippen LogP contribution in [0, 0.1) is 11.8 Å². The second-order valence-corrected chi connectivity index (χ2v) is 7.29. The number of rotatable bonds is 8. The van der Waals surface area contributed by atoms with E-state index in [9.17, 15) is 4.79 Å². The molecule has 1 aliphatic rings. The van der Waals surface area contributed by atoms with Crippen LogP contribution in [0.15, 0.2) is 42.6 Å². The van der Waals surface area contributed by atoms with E-state index in [2.05, 4.69) is 22.5 Å². The molecule has 0 saturated carbocycles. The summed E-state index contributed by atoms with van der Waals surface area (Å²) in [7, 11) is 1.62. The Morgan fingerprint density at radius 3 is 2.82 bits per heavy atom. The lowest BCUT2D eigenvalue weighted by Crippen LogP contribution is -2.33. The maximum absolute atomic E-state index is 12.4. The molecular formula is C22H29N3O3. The normalized spacial score (nSPS) is 15.6. The summed E-state index contributed by atoms with van der Waals surface area (Å²) in [5.41, 5.74) is 0.841. The highest BCUT2D eigenvalue weighted by atomic mass is 16.5. The Labute approximate surface area is 166 Å². The van der Waals surface area contributed by atoms with Gasteiger partial charge in [-0.3, -0.25) is 4.79 Å². The topological polar surface area (TPSA) is 72.5 Å². The molecule has 1 aliphatic heterocycles. The molecule has 2 heterocycles. The summed E-state index contributed by atoms with van der Waals surface area (Å²) in [5.74, 6) is 2.94. The van der Waals surface area contributed by atoms with Crippen LogP contribution in [-0.2, 0) is 11.3 Å². The van der Waals surface area contributed by atoms with Gasteiger partial charge in [0, 0.05) is 30.8 Å². The minimum Gasteiger partial charge on any atom is -0.497 e. The first-order valence-corrected chi connectivity index (χ1v) is 9.89. The van der Waals surface area contributed by atoms with Crippen molar-refractivity contribution in [2.45, 2.75) is 32.7 Å². The SMILES string of the molecule is COc1cccc(Oc2ncccc2CNC(=O)CC(C)C2CCNCC2)c1. The van der Waals surface area contributed by atoms with Crippen LogP contribution < -0.4 is 20.1 Å². The number of aromatic nitrogens is 1. The molecule has 150 valence electrons. The zero-order valence-electron chi connectivity index (χ0n) is 16.6.